The first-order chi connectivity index (χ1) is 9.72. The molecule has 0 radical (unpaired) electrons. The monoisotopic (exact) mass is 272 g/mol. The van der Waals surface area contributed by atoms with Crippen LogP contribution >= 0.6 is 0 Å². The molecule has 2 N–H and O–H groups in total. The summed E-state index contributed by atoms with van der Waals surface area (Å²) >= 11 is 0. The van der Waals surface area contributed by atoms with E-state index < -0.39 is 0 Å². The minimum absolute atomic E-state index is 0.678. The zero-order chi connectivity index (χ0) is 13.9. The lowest BCUT2D eigenvalue weighted by Gasteiger charge is -2.26. The summed E-state index contributed by atoms with van der Waals surface area (Å²) in [4.78, 5) is 2.41. The number of aryl methyl sites for hydroxylation is 1. The van der Waals surface area contributed by atoms with Crippen molar-refractivity contribution in [1.29, 1.82) is 0 Å². The highest BCUT2D eigenvalue weighted by Gasteiger charge is 2.11. The molecule has 1 aromatic heterocycles. The van der Waals surface area contributed by atoms with E-state index in [-0.39, 0.29) is 0 Å². The van der Waals surface area contributed by atoms with E-state index in [0.717, 1.165) is 44.1 Å². The van der Waals surface area contributed by atoms with Gasteiger partial charge >= 0.3 is 0 Å². The minimum Gasteiger partial charge on any atom is -0.384 e. The number of hydrogen-bond acceptors (Lipinski definition) is 4. The summed E-state index contributed by atoms with van der Waals surface area (Å²) < 4.78 is 7.06. The number of rotatable bonds is 3. The average molecular weight is 272 g/mol. The Morgan fingerprint density at radius 1 is 1.20 bits per heavy atom. The van der Waals surface area contributed by atoms with Crippen LogP contribution in [0, 0.1) is 0 Å². The van der Waals surface area contributed by atoms with Gasteiger partial charge < -0.3 is 10.5 Å². The molecule has 1 aromatic carbocycles. The maximum atomic E-state index is 5.81. The summed E-state index contributed by atoms with van der Waals surface area (Å²) in [6, 6.07) is 10.4. The molecule has 106 valence electrons. The van der Waals surface area contributed by atoms with E-state index in [9.17, 15) is 0 Å². The Morgan fingerprint density at radius 3 is 2.50 bits per heavy atom. The number of ether oxygens (including phenoxy) is 1. The van der Waals surface area contributed by atoms with Gasteiger partial charge in [0, 0.05) is 38.3 Å². The molecule has 5 heteroatoms. The van der Waals surface area contributed by atoms with Crippen LogP contribution in [0.25, 0.3) is 11.3 Å². The maximum Gasteiger partial charge on any atom is 0.121 e. The molecule has 20 heavy (non-hydrogen) atoms. The van der Waals surface area contributed by atoms with E-state index in [2.05, 4.69) is 34.3 Å². The summed E-state index contributed by atoms with van der Waals surface area (Å²) in [7, 11) is 1.85. The van der Waals surface area contributed by atoms with Gasteiger partial charge in [-0.05, 0) is 5.56 Å². The zero-order valence-corrected chi connectivity index (χ0v) is 11.7. The van der Waals surface area contributed by atoms with Gasteiger partial charge in [0.25, 0.3) is 0 Å². The van der Waals surface area contributed by atoms with Crippen LogP contribution in [-0.2, 0) is 18.3 Å². The molecular weight excluding hydrogens is 252 g/mol. The van der Waals surface area contributed by atoms with Crippen LogP contribution in [0.2, 0.25) is 0 Å². The van der Waals surface area contributed by atoms with Crippen molar-refractivity contribution in [2.45, 2.75) is 6.54 Å². The smallest absolute Gasteiger partial charge is 0.121 e. The van der Waals surface area contributed by atoms with E-state index >= 15 is 0 Å². The first-order valence-corrected chi connectivity index (χ1v) is 6.91. The standard InChI is InChI=1S/C15H20N4O/c1-18-15(16)10-14(17-18)13-4-2-12(3-5-13)11-19-6-8-20-9-7-19/h2-5,10H,6-9,11,16H2,1H3. The van der Waals surface area contributed by atoms with Gasteiger partial charge in [-0.2, -0.15) is 5.10 Å². The minimum atomic E-state index is 0.678. The summed E-state index contributed by atoms with van der Waals surface area (Å²) in [5, 5.41) is 4.39. The lowest BCUT2D eigenvalue weighted by atomic mass is 10.1. The van der Waals surface area contributed by atoms with Crippen molar-refractivity contribution in [1.82, 2.24) is 14.7 Å². The van der Waals surface area contributed by atoms with Crippen LogP contribution in [0.5, 0.6) is 0 Å². The average Bonchev–Trinajstić information content (AvgIpc) is 2.81. The quantitative estimate of drug-likeness (QED) is 0.920. The summed E-state index contributed by atoms with van der Waals surface area (Å²) in [6.45, 7) is 4.68. The highest BCUT2D eigenvalue weighted by Crippen LogP contribution is 2.20. The molecule has 3 rings (SSSR count). The Labute approximate surface area is 118 Å². The fraction of sp³-hybridized carbons (Fsp3) is 0.400. The van der Waals surface area contributed by atoms with Crippen molar-refractivity contribution in [3.05, 3.63) is 35.9 Å². The first kappa shape index (κ1) is 13.1. The van der Waals surface area contributed by atoms with Gasteiger partial charge in [0.15, 0.2) is 0 Å². The van der Waals surface area contributed by atoms with Crippen LogP contribution in [0.4, 0.5) is 5.82 Å². The van der Waals surface area contributed by atoms with Gasteiger partial charge in [-0.15, -0.1) is 0 Å². The van der Waals surface area contributed by atoms with Gasteiger partial charge in [0.1, 0.15) is 5.82 Å². The Bertz CT molecular complexity index is 551. The second-order valence-electron chi connectivity index (χ2n) is 5.16. The van der Waals surface area contributed by atoms with Crippen molar-refractivity contribution in [3.8, 4) is 11.3 Å². The third-order valence-electron chi connectivity index (χ3n) is 3.68. The molecule has 1 fully saturated rings. The highest BCUT2D eigenvalue weighted by atomic mass is 16.5. The maximum absolute atomic E-state index is 5.81. The van der Waals surface area contributed by atoms with Crippen LogP contribution in [-0.4, -0.2) is 41.0 Å². The van der Waals surface area contributed by atoms with Gasteiger partial charge in [-0.1, -0.05) is 24.3 Å². The fourth-order valence-corrected chi connectivity index (χ4v) is 2.42. The predicted octanol–water partition coefficient (Wildman–Crippen LogP) is 1.50. The normalized spacial score (nSPS) is 16.4. The summed E-state index contributed by atoms with van der Waals surface area (Å²) in [5.74, 6) is 0.678. The number of nitrogen functional groups attached to an aromatic ring is 1. The Morgan fingerprint density at radius 2 is 1.90 bits per heavy atom. The molecular formula is C15H20N4O. The number of anilines is 1. The Balaban J connectivity index is 1.70. The number of nitrogens with two attached hydrogens (primary N) is 1. The van der Waals surface area contributed by atoms with E-state index in [4.69, 9.17) is 10.5 Å². The Hall–Kier alpha value is -1.85. The SMILES string of the molecule is Cn1nc(-c2ccc(CN3CCOCC3)cc2)cc1N. The van der Waals surface area contributed by atoms with Gasteiger partial charge in [0.05, 0.1) is 18.9 Å². The van der Waals surface area contributed by atoms with Crippen molar-refractivity contribution in [3.63, 3.8) is 0 Å². The lowest BCUT2D eigenvalue weighted by Crippen LogP contribution is -2.35. The van der Waals surface area contributed by atoms with Crippen LogP contribution in [0.3, 0.4) is 0 Å². The molecule has 1 aliphatic rings. The summed E-state index contributed by atoms with van der Waals surface area (Å²) in [5.41, 5.74) is 9.15. The predicted molar refractivity (Wildman–Crippen MR) is 79.2 cm³/mol. The second-order valence-corrected chi connectivity index (χ2v) is 5.16. The molecule has 1 aliphatic heterocycles. The van der Waals surface area contributed by atoms with Crippen LogP contribution in [0.1, 0.15) is 5.56 Å². The third kappa shape index (κ3) is 2.84. The van der Waals surface area contributed by atoms with Crippen molar-refractivity contribution < 1.29 is 4.74 Å². The topological polar surface area (TPSA) is 56.3 Å². The zero-order valence-electron chi connectivity index (χ0n) is 11.7. The molecule has 0 atom stereocenters. The second kappa shape index (κ2) is 5.64. The van der Waals surface area contributed by atoms with E-state index in [1.807, 2.05) is 13.1 Å². The number of nitrogens with zero attached hydrogens (tertiary/aromatic N) is 3. The molecule has 0 bridgehead atoms. The number of morpholine rings is 1. The first-order valence-electron chi connectivity index (χ1n) is 6.91. The van der Waals surface area contributed by atoms with E-state index in [1.165, 1.54) is 5.56 Å². The van der Waals surface area contributed by atoms with Crippen molar-refractivity contribution in [2.24, 2.45) is 7.05 Å². The third-order valence-corrected chi connectivity index (χ3v) is 3.68. The van der Waals surface area contributed by atoms with Gasteiger partial charge in [0.2, 0.25) is 0 Å². The number of hydrogen-bond donors (Lipinski definition) is 1. The molecule has 0 saturated carbocycles. The molecule has 0 unspecified atom stereocenters. The lowest BCUT2D eigenvalue weighted by molar-refractivity contribution is 0.0342. The molecule has 5 nitrogen and oxygen atoms in total. The molecule has 0 amide bonds. The van der Waals surface area contributed by atoms with Crippen LogP contribution in [0.15, 0.2) is 30.3 Å². The molecule has 0 spiro atoms. The van der Waals surface area contributed by atoms with Crippen LogP contribution < -0.4 is 5.73 Å². The fourth-order valence-electron chi connectivity index (χ4n) is 2.42. The largest absolute Gasteiger partial charge is 0.384 e. The van der Waals surface area contributed by atoms with Crippen molar-refractivity contribution >= 4 is 5.82 Å². The number of benzene rings is 1. The molecule has 1 saturated heterocycles. The highest BCUT2D eigenvalue weighted by molar-refractivity contribution is 5.62. The molecule has 0 aliphatic carbocycles. The Kier molecular flexibility index (Phi) is 3.71. The van der Waals surface area contributed by atoms with E-state index in [0.29, 0.717) is 5.82 Å². The van der Waals surface area contributed by atoms with E-state index in [1.54, 1.807) is 4.68 Å². The summed E-state index contributed by atoms with van der Waals surface area (Å²) in [6.07, 6.45) is 0. The van der Waals surface area contributed by atoms with Gasteiger partial charge in [-0.3, -0.25) is 9.58 Å². The number of aromatic nitrogens is 2. The van der Waals surface area contributed by atoms with Gasteiger partial charge in [-0.25, -0.2) is 0 Å². The van der Waals surface area contributed by atoms with Crippen molar-refractivity contribution in [2.75, 3.05) is 32.0 Å². The molecule has 2 heterocycles. The molecule has 2 aromatic rings.